The van der Waals surface area contributed by atoms with Gasteiger partial charge in [-0.2, -0.15) is 0 Å². The lowest BCUT2D eigenvalue weighted by Gasteiger charge is -2.49. The first-order valence-electron chi connectivity index (χ1n) is 8.15. The predicted octanol–water partition coefficient (Wildman–Crippen LogP) is 5.45. The van der Waals surface area contributed by atoms with Crippen molar-refractivity contribution in [1.82, 2.24) is 0 Å². The first-order chi connectivity index (χ1) is 9.02. The van der Waals surface area contributed by atoms with E-state index in [1.54, 1.807) is 11.1 Å². The topological polar surface area (TPSA) is 0 Å². The molecule has 0 radical (unpaired) electrons. The first-order valence-corrected chi connectivity index (χ1v) is 8.15. The summed E-state index contributed by atoms with van der Waals surface area (Å²) in [7, 11) is 0. The maximum atomic E-state index is 2.54. The summed E-state index contributed by atoms with van der Waals surface area (Å²) in [4.78, 5) is 0. The summed E-state index contributed by atoms with van der Waals surface area (Å²) < 4.78 is 0. The molecular formula is C19H28. The van der Waals surface area contributed by atoms with E-state index in [0.717, 1.165) is 11.8 Å². The van der Waals surface area contributed by atoms with Crippen LogP contribution in [0.2, 0.25) is 0 Å². The molecule has 2 aliphatic rings. The molecule has 0 amide bonds. The van der Waals surface area contributed by atoms with Gasteiger partial charge < -0.3 is 0 Å². The number of fused-ring (bicyclic) bond motifs is 3. The van der Waals surface area contributed by atoms with Gasteiger partial charge >= 0.3 is 0 Å². The zero-order valence-electron chi connectivity index (χ0n) is 13.0. The monoisotopic (exact) mass is 256 g/mol. The number of rotatable bonds is 1. The van der Waals surface area contributed by atoms with E-state index in [-0.39, 0.29) is 0 Å². The minimum atomic E-state index is 0.459. The summed E-state index contributed by atoms with van der Waals surface area (Å²) in [5.74, 6) is 2.48. The van der Waals surface area contributed by atoms with Gasteiger partial charge in [-0.3, -0.25) is 0 Å². The Morgan fingerprint density at radius 2 is 2.00 bits per heavy atom. The van der Waals surface area contributed by atoms with Crippen molar-refractivity contribution in [3.8, 4) is 0 Å². The van der Waals surface area contributed by atoms with Crippen LogP contribution in [0.1, 0.15) is 76.0 Å². The van der Waals surface area contributed by atoms with Gasteiger partial charge in [-0.1, -0.05) is 58.7 Å². The van der Waals surface area contributed by atoms with E-state index in [4.69, 9.17) is 0 Å². The minimum absolute atomic E-state index is 0.459. The van der Waals surface area contributed by atoms with Crippen LogP contribution in [0.25, 0.3) is 0 Å². The Bertz CT molecular complexity index is 471. The Hall–Kier alpha value is -0.780. The van der Waals surface area contributed by atoms with Crippen LogP contribution in [0.5, 0.6) is 0 Å². The second-order valence-electron chi connectivity index (χ2n) is 7.50. The number of hydrogen-bond donors (Lipinski definition) is 0. The van der Waals surface area contributed by atoms with Gasteiger partial charge in [0.05, 0.1) is 0 Å². The Kier molecular flexibility index (Phi) is 3.23. The number of benzene rings is 1. The third kappa shape index (κ3) is 2.04. The van der Waals surface area contributed by atoms with Crippen molar-refractivity contribution in [1.29, 1.82) is 0 Å². The van der Waals surface area contributed by atoms with Gasteiger partial charge in [-0.25, -0.2) is 0 Å². The van der Waals surface area contributed by atoms with Crippen molar-refractivity contribution in [2.24, 2.45) is 11.8 Å². The second-order valence-corrected chi connectivity index (χ2v) is 7.50. The van der Waals surface area contributed by atoms with Crippen molar-refractivity contribution < 1.29 is 0 Å². The Balaban J connectivity index is 2.04. The Morgan fingerprint density at radius 1 is 1.21 bits per heavy atom. The summed E-state index contributed by atoms with van der Waals surface area (Å²) in [6.07, 6.45) is 6.97. The molecule has 0 aliphatic heterocycles. The van der Waals surface area contributed by atoms with Crippen LogP contribution in [0.4, 0.5) is 0 Å². The van der Waals surface area contributed by atoms with Gasteiger partial charge in [-0.15, -0.1) is 0 Å². The zero-order valence-corrected chi connectivity index (χ0v) is 13.0. The smallest absolute Gasteiger partial charge is 0.00417 e. The second kappa shape index (κ2) is 4.65. The summed E-state index contributed by atoms with van der Waals surface area (Å²) in [5, 5.41) is 0. The molecule has 0 saturated heterocycles. The molecule has 3 rings (SSSR count). The molecule has 19 heavy (non-hydrogen) atoms. The molecule has 0 nitrogen and oxygen atoms in total. The van der Waals surface area contributed by atoms with E-state index in [1.165, 1.54) is 37.7 Å². The molecule has 0 spiro atoms. The molecule has 1 aromatic rings. The normalized spacial score (nSPS) is 33.9. The summed E-state index contributed by atoms with van der Waals surface area (Å²) in [6.45, 7) is 9.63. The third-order valence-corrected chi connectivity index (χ3v) is 6.00. The SMILES string of the molecule is CC(C)c1ccc2c(c1)CCC1C(C)CCC[C@]21C. The molecule has 104 valence electrons. The number of aryl methyl sites for hydroxylation is 1. The van der Waals surface area contributed by atoms with E-state index >= 15 is 0 Å². The lowest BCUT2D eigenvalue weighted by molar-refractivity contribution is 0.118. The molecule has 0 N–H and O–H groups in total. The molecule has 1 saturated carbocycles. The molecular weight excluding hydrogens is 228 g/mol. The summed E-state index contributed by atoms with van der Waals surface area (Å²) in [5.41, 5.74) is 5.31. The van der Waals surface area contributed by atoms with Crippen molar-refractivity contribution in [2.45, 2.75) is 71.1 Å². The maximum Gasteiger partial charge on any atom is -0.00417 e. The molecule has 2 unspecified atom stereocenters. The molecule has 0 aromatic heterocycles. The Morgan fingerprint density at radius 3 is 2.74 bits per heavy atom. The van der Waals surface area contributed by atoms with Gasteiger partial charge in [-0.05, 0) is 59.1 Å². The molecule has 1 aromatic carbocycles. The molecule has 3 atom stereocenters. The molecule has 2 aliphatic carbocycles. The largest absolute Gasteiger partial charge is 0.0622 e. The fourth-order valence-corrected chi connectivity index (χ4v) is 4.79. The highest BCUT2D eigenvalue weighted by atomic mass is 14.5. The molecule has 0 heteroatoms. The quantitative estimate of drug-likeness (QED) is 0.626. The third-order valence-electron chi connectivity index (χ3n) is 6.00. The van der Waals surface area contributed by atoms with Crippen LogP contribution in [0.15, 0.2) is 18.2 Å². The van der Waals surface area contributed by atoms with E-state index in [2.05, 4.69) is 45.9 Å². The highest BCUT2D eigenvalue weighted by molar-refractivity contribution is 5.41. The predicted molar refractivity (Wildman–Crippen MR) is 82.7 cm³/mol. The van der Waals surface area contributed by atoms with Gasteiger partial charge in [0.15, 0.2) is 0 Å². The summed E-state index contributed by atoms with van der Waals surface area (Å²) >= 11 is 0. The van der Waals surface area contributed by atoms with Crippen LogP contribution in [-0.4, -0.2) is 0 Å². The lowest BCUT2D eigenvalue weighted by Crippen LogP contribution is -2.43. The van der Waals surface area contributed by atoms with Crippen LogP contribution in [0, 0.1) is 11.8 Å². The van der Waals surface area contributed by atoms with Gasteiger partial charge in [0.1, 0.15) is 0 Å². The first kappa shape index (κ1) is 13.2. The zero-order chi connectivity index (χ0) is 13.6. The standard InChI is InChI=1S/C19H28/c1-13(2)15-7-10-18-16(12-15)8-9-17-14(3)6-5-11-19(17,18)4/h7,10,12-14,17H,5-6,8-9,11H2,1-4H3/t14?,17?,19-/m0/s1. The Labute approximate surface area is 118 Å². The molecule has 0 bridgehead atoms. The fraction of sp³-hybridized carbons (Fsp3) is 0.684. The van der Waals surface area contributed by atoms with Gasteiger partial charge in [0.2, 0.25) is 0 Å². The lowest BCUT2D eigenvalue weighted by atomic mass is 9.55. The average Bonchev–Trinajstić information content (AvgIpc) is 2.38. The molecule has 1 fully saturated rings. The maximum absolute atomic E-state index is 2.54. The van der Waals surface area contributed by atoms with Crippen LogP contribution in [0.3, 0.4) is 0 Å². The van der Waals surface area contributed by atoms with Crippen molar-refractivity contribution in [2.75, 3.05) is 0 Å². The highest BCUT2D eigenvalue weighted by Crippen LogP contribution is 2.52. The van der Waals surface area contributed by atoms with E-state index in [0.29, 0.717) is 11.3 Å². The van der Waals surface area contributed by atoms with Gasteiger partial charge in [0.25, 0.3) is 0 Å². The fourth-order valence-electron chi connectivity index (χ4n) is 4.79. The van der Waals surface area contributed by atoms with Crippen LogP contribution >= 0.6 is 0 Å². The average molecular weight is 256 g/mol. The number of hydrogen-bond acceptors (Lipinski definition) is 0. The van der Waals surface area contributed by atoms with Crippen molar-refractivity contribution in [3.63, 3.8) is 0 Å². The highest BCUT2D eigenvalue weighted by Gasteiger charge is 2.44. The van der Waals surface area contributed by atoms with Crippen LogP contribution in [-0.2, 0) is 11.8 Å². The summed E-state index contributed by atoms with van der Waals surface area (Å²) in [6, 6.07) is 7.35. The minimum Gasteiger partial charge on any atom is -0.0622 e. The van der Waals surface area contributed by atoms with E-state index in [1.807, 2.05) is 0 Å². The van der Waals surface area contributed by atoms with E-state index < -0.39 is 0 Å². The van der Waals surface area contributed by atoms with Crippen molar-refractivity contribution >= 4 is 0 Å². The van der Waals surface area contributed by atoms with Crippen LogP contribution < -0.4 is 0 Å². The van der Waals surface area contributed by atoms with Gasteiger partial charge in [0, 0.05) is 0 Å². The molecule has 0 heterocycles. The van der Waals surface area contributed by atoms with E-state index in [9.17, 15) is 0 Å². The van der Waals surface area contributed by atoms with Crippen molar-refractivity contribution in [3.05, 3.63) is 34.9 Å².